The van der Waals surface area contributed by atoms with Crippen LogP contribution in [-0.2, 0) is 6.42 Å². The standard InChI is InChI=1S/C11H11N3O3/c15-5-4-10-7-12-13-14(10)9-3-1-2-8(6-9)11(16)17/h1-3,6-7,15H,4-5H2,(H,16,17). The normalized spacial score (nSPS) is 10.4. The van der Waals surface area contributed by atoms with E-state index in [9.17, 15) is 4.79 Å². The van der Waals surface area contributed by atoms with Crippen LogP contribution in [0.1, 0.15) is 16.1 Å². The lowest BCUT2D eigenvalue weighted by Crippen LogP contribution is -2.06. The summed E-state index contributed by atoms with van der Waals surface area (Å²) in [7, 11) is 0. The molecule has 0 spiro atoms. The maximum atomic E-state index is 10.8. The number of benzene rings is 1. The van der Waals surface area contributed by atoms with Gasteiger partial charge in [-0.15, -0.1) is 5.10 Å². The Bertz CT molecular complexity index is 536. The number of hydrogen-bond donors (Lipinski definition) is 2. The van der Waals surface area contributed by atoms with Crippen molar-refractivity contribution in [1.82, 2.24) is 15.0 Å². The molecule has 0 saturated carbocycles. The number of carbonyl (C=O) groups is 1. The Morgan fingerprint density at radius 2 is 2.24 bits per heavy atom. The molecule has 0 bridgehead atoms. The van der Waals surface area contributed by atoms with Crippen molar-refractivity contribution >= 4 is 5.97 Å². The average molecular weight is 233 g/mol. The van der Waals surface area contributed by atoms with E-state index in [1.165, 1.54) is 16.8 Å². The van der Waals surface area contributed by atoms with Gasteiger partial charge in [0.25, 0.3) is 0 Å². The number of carboxylic acid groups (broad SMARTS) is 1. The largest absolute Gasteiger partial charge is 0.478 e. The predicted octanol–water partition coefficient (Wildman–Crippen LogP) is 0.500. The zero-order valence-electron chi connectivity index (χ0n) is 8.95. The van der Waals surface area contributed by atoms with E-state index in [-0.39, 0.29) is 12.2 Å². The van der Waals surface area contributed by atoms with Gasteiger partial charge in [-0.3, -0.25) is 0 Å². The smallest absolute Gasteiger partial charge is 0.335 e. The Labute approximate surface area is 97.1 Å². The zero-order valence-corrected chi connectivity index (χ0v) is 8.95. The van der Waals surface area contributed by atoms with E-state index in [0.29, 0.717) is 12.1 Å². The molecule has 0 aliphatic rings. The van der Waals surface area contributed by atoms with Gasteiger partial charge in [0.2, 0.25) is 0 Å². The monoisotopic (exact) mass is 233 g/mol. The highest BCUT2D eigenvalue weighted by Gasteiger charge is 2.08. The molecule has 0 saturated heterocycles. The molecule has 2 aromatic rings. The van der Waals surface area contributed by atoms with E-state index in [2.05, 4.69) is 10.3 Å². The van der Waals surface area contributed by atoms with Gasteiger partial charge in [0, 0.05) is 13.0 Å². The maximum Gasteiger partial charge on any atom is 0.335 e. The summed E-state index contributed by atoms with van der Waals surface area (Å²) in [4.78, 5) is 10.8. The molecular weight excluding hydrogens is 222 g/mol. The molecule has 0 radical (unpaired) electrons. The number of rotatable bonds is 4. The van der Waals surface area contributed by atoms with Gasteiger partial charge in [-0.25, -0.2) is 9.48 Å². The molecule has 1 aromatic heterocycles. The Balaban J connectivity index is 2.42. The van der Waals surface area contributed by atoms with E-state index in [1.807, 2.05) is 0 Å². The summed E-state index contributed by atoms with van der Waals surface area (Å²) in [5.74, 6) is -0.990. The summed E-state index contributed by atoms with van der Waals surface area (Å²) < 4.78 is 1.52. The van der Waals surface area contributed by atoms with Crippen LogP contribution in [-0.4, -0.2) is 37.8 Å². The van der Waals surface area contributed by atoms with E-state index >= 15 is 0 Å². The summed E-state index contributed by atoms with van der Waals surface area (Å²) in [6, 6.07) is 6.40. The third-order valence-electron chi connectivity index (χ3n) is 2.33. The van der Waals surface area contributed by atoms with Gasteiger partial charge in [-0.2, -0.15) is 0 Å². The minimum Gasteiger partial charge on any atom is -0.478 e. The number of aliphatic hydroxyl groups excluding tert-OH is 1. The molecule has 6 heteroatoms. The van der Waals surface area contributed by atoms with Gasteiger partial charge in [-0.05, 0) is 18.2 Å². The number of carboxylic acids is 1. The van der Waals surface area contributed by atoms with Crippen molar-refractivity contribution in [1.29, 1.82) is 0 Å². The van der Waals surface area contributed by atoms with E-state index in [1.54, 1.807) is 18.3 Å². The highest BCUT2D eigenvalue weighted by atomic mass is 16.4. The predicted molar refractivity (Wildman–Crippen MR) is 59.1 cm³/mol. The van der Waals surface area contributed by atoms with Crippen LogP contribution < -0.4 is 0 Å². The molecule has 2 N–H and O–H groups in total. The second-order valence-electron chi connectivity index (χ2n) is 3.47. The highest BCUT2D eigenvalue weighted by Crippen LogP contribution is 2.12. The molecule has 1 aromatic carbocycles. The fourth-order valence-electron chi connectivity index (χ4n) is 1.53. The van der Waals surface area contributed by atoms with Crippen LogP contribution in [0.4, 0.5) is 0 Å². The van der Waals surface area contributed by atoms with Crippen molar-refractivity contribution in [2.24, 2.45) is 0 Å². The second-order valence-corrected chi connectivity index (χ2v) is 3.47. The van der Waals surface area contributed by atoms with Crippen molar-refractivity contribution in [3.05, 3.63) is 41.7 Å². The van der Waals surface area contributed by atoms with Gasteiger partial charge >= 0.3 is 5.97 Å². The first-order valence-corrected chi connectivity index (χ1v) is 5.06. The van der Waals surface area contributed by atoms with Crippen LogP contribution in [0.15, 0.2) is 30.5 Å². The van der Waals surface area contributed by atoms with Crippen LogP contribution in [0.25, 0.3) is 5.69 Å². The zero-order chi connectivity index (χ0) is 12.3. The molecule has 0 aliphatic carbocycles. The van der Waals surface area contributed by atoms with Crippen molar-refractivity contribution < 1.29 is 15.0 Å². The Kier molecular flexibility index (Phi) is 3.15. The van der Waals surface area contributed by atoms with Crippen LogP contribution in [0.2, 0.25) is 0 Å². The molecular formula is C11H11N3O3. The van der Waals surface area contributed by atoms with Crippen LogP contribution in [0, 0.1) is 0 Å². The Morgan fingerprint density at radius 1 is 1.41 bits per heavy atom. The third-order valence-corrected chi connectivity index (χ3v) is 2.33. The number of nitrogens with zero attached hydrogens (tertiary/aromatic N) is 3. The molecule has 6 nitrogen and oxygen atoms in total. The van der Waals surface area contributed by atoms with Gasteiger partial charge in [0.1, 0.15) is 0 Å². The number of aromatic carboxylic acids is 1. The number of aliphatic hydroxyl groups is 1. The molecule has 0 unspecified atom stereocenters. The van der Waals surface area contributed by atoms with Crippen molar-refractivity contribution in [2.45, 2.75) is 6.42 Å². The average Bonchev–Trinajstić information content (AvgIpc) is 2.78. The lowest BCUT2D eigenvalue weighted by atomic mass is 10.2. The molecule has 1 heterocycles. The van der Waals surface area contributed by atoms with Gasteiger partial charge < -0.3 is 10.2 Å². The minimum absolute atomic E-state index is 0.00794. The summed E-state index contributed by atoms with van der Waals surface area (Å²) in [5.41, 5.74) is 1.54. The summed E-state index contributed by atoms with van der Waals surface area (Å²) in [6.45, 7) is -0.00794. The van der Waals surface area contributed by atoms with E-state index in [4.69, 9.17) is 10.2 Å². The molecule has 0 amide bonds. The molecule has 17 heavy (non-hydrogen) atoms. The van der Waals surface area contributed by atoms with E-state index < -0.39 is 5.97 Å². The summed E-state index contributed by atoms with van der Waals surface area (Å²) in [5, 5.41) is 25.4. The fraction of sp³-hybridized carbons (Fsp3) is 0.182. The van der Waals surface area contributed by atoms with Crippen LogP contribution >= 0.6 is 0 Å². The fourth-order valence-corrected chi connectivity index (χ4v) is 1.53. The van der Waals surface area contributed by atoms with E-state index in [0.717, 1.165) is 5.69 Å². The maximum absolute atomic E-state index is 10.8. The minimum atomic E-state index is -0.990. The molecule has 0 fully saturated rings. The Hall–Kier alpha value is -2.21. The molecule has 0 atom stereocenters. The molecule has 2 rings (SSSR count). The lowest BCUT2D eigenvalue weighted by Gasteiger charge is -2.05. The first kappa shape index (κ1) is 11.3. The van der Waals surface area contributed by atoms with Crippen LogP contribution in [0.5, 0.6) is 0 Å². The quantitative estimate of drug-likeness (QED) is 0.802. The molecule has 0 aliphatic heterocycles. The van der Waals surface area contributed by atoms with Gasteiger partial charge in [0.05, 0.1) is 23.1 Å². The second kappa shape index (κ2) is 4.75. The van der Waals surface area contributed by atoms with Crippen molar-refractivity contribution in [3.8, 4) is 5.69 Å². The van der Waals surface area contributed by atoms with Crippen molar-refractivity contribution in [2.75, 3.05) is 6.61 Å². The lowest BCUT2D eigenvalue weighted by molar-refractivity contribution is 0.0697. The number of aromatic nitrogens is 3. The first-order valence-electron chi connectivity index (χ1n) is 5.06. The number of hydrogen-bond acceptors (Lipinski definition) is 4. The highest BCUT2D eigenvalue weighted by molar-refractivity contribution is 5.88. The van der Waals surface area contributed by atoms with Gasteiger partial charge in [0.15, 0.2) is 0 Å². The van der Waals surface area contributed by atoms with Crippen molar-refractivity contribution in [3.63, 3.8) is 0 Å². The Morgan fingerprint density at radius 3 is 2.94 bits per heavy atom. The summed E-state index contributed by atoms with van der Waals surface area (Å²) in [6.07, 6.45) is 1.97. The summed E-state index contributed by atoms with van der Waals surface area (Å²) >= 11 is 0. The SMILES string of the molecule is O=C(O)c1cccc(-n2nncc2CCO)c1. The molecule has 88 valence electrons. The topological polar surface area (TPSA) is 88.2 Å². The third kappa shape index (κ3) is 2.31. The van der Waals surface area contributed by atoms with Gasteiger partial charge in [-0.1, -0.05) is 11.3 Å². The van der Waals surface area contributed by atoms with Crippen LogP contribution in [0.3, 0.4) is 0 Å². The first-order chi connectivity index (χ1) is 8.22.